The molecule has 3 aromatic carbocycles. The van der Waals surface area contributed by atoms with Gasteiger partial charge < -0.3 is 9.97 Å². The molecule has 2 aromatic heterocycles. The van der Waals surface area contributed by atoms with E-state index < -0.39 is 0 Å². The summed E-state index contributed by atoms with van der Waals surface area (Å²) in [5.74, 6) is -0.282. The lowest BCUT2D eigenvalue weighted by Gasteiger charge is -2.03. The summed E-state index contributed by atoms with van der Waals surface area (Å²) >= 11 is 0. The summed E-state index contributed by atoms with van der Waals surface area (Å²) in [4.78, 5) is 18.7. The molecule has 2 heterocycles. The minimum Gasteiger partial charge on any atom is -0.361 e. The molecule has 0 unspecified atom stereocenters. The van der Waals surface area contributed by atoms with Gasteiger partial charge >= 0.3 is 0 Å². The van der Waals surface area contributed by atoms with Crippen molar-refractivity contribution in [1.29, 1.82) is 0 Å². The largest absolute Gasteiger partial charge is 0.361 e. The third kappa shape index (κ3) is 3.99. The minimum atomic E-state index is -0.282. The number of hydrogen-bond donors (Lipinski definition) is 4. The first-order chi connectivity index (χ1) is 15.8. The van der Waals surface area contributed by atoms with Crippen LogP contribution < -0.4 is 10.9 Å². The zero-order chi connectivity index (χ0) is 21.8. The van der Waals surface area contributed by atoms with Crippen molar-refractivity contribution in [2.75, 3.05) is 5.43 Å². The zero-order valence-electron chi connectivity index (χ0n) is 17.0. The van der Waals surface area contributed by atoms with Gasteiger partial charge in [0.15, 0.2) is 0 Å². The van der Waals surface area contributed by atoms with Gasteiger partial charge in [-0.1, -0.05) is 36.4 Å². The van der Waals surface area contributed by atoms with Crippen LogP contribution in [0.25, 0.3) is 21.8 Å². The van der Waals surface area contributed by atoms with E-state index in [9.17, 15) is 4.79 Å². The number of hydrogen-bond acceptors (Lipinski definition) is 4. The number of nitrogens with zero attached hydrogens (tertiary/aromatic N) is 2. The number of carbonyl (C=O) groups excluding carboxylic acids is 1. The molecule has 0 saturated heterocycles. The molecule has 0 atom stereocenters. The van der Waals surface area contributed by atoms with Crippen molar-refractivity contribution in [2.24, 2.45) is 10.2 Å². The number of H-pyrrole nitrogens is 2. The smallest absolute Gasteiger partial charge is 0.271 e. The van der Waals surface area contributed by atoms with Gasteiger partial charge in [0, 0.05) is 50.9 Å². The highest BCUT2D eigenvalue weighted by Gasteiger charge is 2.05. The first-order valence-corrected chi connectivity index (χ1v) is 10.1. The lowest BCUT2D eigenvalue weighted by atomic mass is 10.2. The van der Waals surface area contributed by atoms with Gasteiger partial charge in [0.05, 0.1) is 18.1 Å². The summed E-state index contributed by atoms with van der Waals surface area (Å²) in [6, 6.07) is 23.0. The van der Waals surface area contributed by atoms with Crippen molar-refractivity contribution in [1.82, 2.24) is 15.4 Å². The molecular weight excluding hydrogens is 400 g/mol. The van der Waals surface area contributed by atoms with E-state index in [4.69, 9.17) is 0 Å². The van der Waals surface area contributed by atoms with Crippen molar-refractivity contribution in [3.05, 3.63) is 102 Å². The molecule has 4 N–H and O–H groups in total. The number of nitrogens with one attached hydrogen (secondary N) is 4. The van der Waals surface area contributed by atoms with Crippen molar-refractivity contribution in [2.45, 2.75) is 0 Å². The van der Waals surface area contributed by atoms with Crippen LogP contribution in [0.1, 0.15) is 21.5 Å². The van der Waals surface area contributed by atoms with E-state index in [1.165, 1.54) is 0 Å². The van der Waals surface area contributed by atoms with Gasteiger partial charge in [-0.25, -0.2) is 5.43 Å². The van der Waals surface area contributed by atoms with Gasteiger partial charge in [0.25, 0.3) is 5.91 Å². The molecule has 0 aliphatic rings. The van der Waals surface area contributed by atoms with E-state index in [1.54, 1.807) is 36.7 Å². The summed E-state index contributed by atoms with van der Waals surface area (Å²) < 4.78 is 0. The average Bonchev–Trinajstić information content (AvgIpc) is 3.44. The van der Waals surface area contributed by atoms with E-state index in [0.29, 0.717) is 5.56 Å². The fraction of sp³-hybridized carbons (Fsp3) is 0. The van der Waals surface area contributed by atoms with E-state index in [2.05, 4.69) is 31.0 Å². The predicted octanol–water partition coefficient (Wildman–Crippen LogP) is 4.86. The monoisotopic (exact) mass is 420 g/mol. The van der Waals surface area contributed by atoms with Crippen LogP contribution >= 0.6 is 0 Å². The number of carbonyl (C=O) groups is 1. The van der Waals surface area contributed by atoms with E-state index >= 15 is 0 Å². The van der Waals surface area contributed by atoms with E-state index in [1.807, 2.05) is 60.9 Å². The van der Waals surface area contributed by atoms with Gasteiger partial charge in [0.2, 0.25) is 0 Å². The Balaban J connectivity index is 1.19. The molecule has 1 amide bonds. The molecule has 0 saturated carbocycles. The second kappa shape index (κ2) is 8.61. The van der Waals surface area contributed by atoms with Crippen LogP contribution in [0, 0.1) is 0 Å². The maximum absolute atomic E-state index is 12.4. The van der Waals surface area contributed by atoms with Crippen LogP contribution in [0.4, 0.5) is 5.69 Å². The van der Waals surface area contributed by atoms with Gasteiger partial charge in [-0.3, -0.25) is 10.2 Å². The number of hydrazone groups is 2. The summed E-state index contributed by atoms with van der Waals surface area (Å²) in [7, 11) is 0. The number of anilines is 1. The van der Waals surface area contributed by atoms with Gasteiger partial charge in [-0.2, -0.15) is 10.2 Å². The quantitative estimate of drug-likeness (QED) is 0.233. The first kappa shape index (κ1) is 19.3. The standard InChI is InChI=1S/C25H20N6O/c32-25(31-29-16-19-14-27-24-8-4-2-6-22(19)24)17-9-11-20(12-10-17)30-28-15-18-13-26-23-7-3-1-5-21(18)23/h1-16,26-27,30H,(H,31,32)/b28-15-,29-16-. The van der Waals surface area contributed by atoms with Crippen molar-refractivity contribution < 1.29 is 4.79 Å². The summed E-state index contributed by atoms with van der Waals surface area (Å²) in [6.45, 7) is 0. The molecule has 0 aliphatic carbocycles. The zero-order valence-corrected chi connectivity index (χ0v) is 17.0. The summed E-state index contributed by atoms with van der Waals surface area (Å²) in [6.07, 6.45) is 7.17. The Kier molecular flexibility index (Phi) is 5.20. The maximum Gasteiger partial charge on any atom is 0.271 e. The molecule has 7 heteroatoms. The summed E-state index contributed by atoms with van der Waals surface area (Å²) in [5.41, 5.74) is 10.8. The van der Waals surface area contributed by atoms with Gasteiger partial charge in [-0.15, -0.1) is 0 Å². The molecular formula is C25H20N6O. The molecule has 156 valence electrons. The van der Waals surface area contributed by atoms with Crippen LogP contribution in [-0.4, -0.2) is 28.3 Å². The van der Waals surface area contributed by atoms with Crippen LogP contribution in [-0.2, 0) is 0 Å². The number of aromatic nitrogens is 2. The Morgan fingerprint density at radius 3 is 1.91 bits per heavy atom. The first-order valence-electron chi connectivity index (χ1n) is 10.1. The molecule has 7 nitrogen and oxygen atoms in total. The molecule has 0 bridgehead atoms. The molecule has 0 spiro atoms. The fourth-order valence-corrected chi connectivity index (χ4v) is 3.50. The number of fused-ring (bicyclic) bond motifs is 2. The predicted molar refractivity (Wildman–Crippen MR) is 129 cm³/mol. The highest BCUT2D eigenvalue weighted by Crippen LogP contribution is 2.17. The normalized spacial score (nSPS) is 11.6. The minimum absolute atomic E-state index is 0.282. The van der Waals surface area contributed by atoms with Crippen LogP contribution in [0.15, 0.2) is 95.4 Å². The van der Waals surface area contributed by atoms with Crippen molar-refractivity contribution >= 4 is 45.8 Å². The second-order valence-corrected chi connectivity index (χ2v) is 7.23. The van der Waals surface area contributed by atoms with E-state index in [0.717, 1.165) is 38.6 Å². The van der Waals surface area contributed by atoms with Crippen LogP contribution in [0.2, 0.25) is 0 Å². The molecule has 0 fully saturated rings. The molecule has 32 heavy (non-hydrogen) atoms. The van der Waals surface area contributed by atoms with Gasteiger partial charge in [-0.05, 0) is 36.4 Å². The number of amides is 1. The average molecular weight is 420 g/mol. The highest BCUT2D eigenvalue weighted by atomic mass is 16.2. The molecule has 0 radical (unpaired) electrons. The van der Waals surface area contributed by atoms with E-state index in [-0.39, 0.29) is 5.91 Å². The SMILES string of the molecule is O=C(N/N=C\c1c[nH]c2ccccc12)c1ccc(N/N=C\c2c[nH]c3ccccc23)cc1. The Morgan fingerprint density at radius 1 is 0.719 bits per heavy atom. The lowest BCUT2D eigenvalue weighted by molar-refractivity contribution is 0.0955. The number of rotatable bonds is 6. The second-order valence-electron chi connectivity index (χ2n) is 7.23. The number of benzene rings is 3. The Bertz CT molecular complexity index is 1440. The number of aromatic amines is 2. The highest BCUT2D eigenvalue weighted by molar-refractivity contribution is 6.00. The molecule has 5 rings (SSSR count). The van der Waals surface area contributed by atoms with Crippen molar-refractivity contribution in [3.8, 4) is 0 Å². The lowest BCUT2D eigenvalue weighted by Crippen LogP contribution is -2.17. The maximum atomic E-state index is 12.4. The molecule has 5 aromatic rings. The molecule has 0 aliphatic heterocycles. The Hall–Kier alpha value is -4.65. The number of para-hydroxylation sites is 2. The Morgan fingerprint density at radius 2 is 1.28 bits per heavy atom. The van der Waals surface area contributed by atoms with Crippen LogP contribution in [0.5, 0.6) is 0 Å². The van der Waals surface area contributed by atoms with Gasteiger partial charge in [0.1, 0.15) is 0 Å². The van der Waals surface area contributed by atoms with Crippen LogP contribution in [0.3, 0.4) is 0 Å². The summed E-state index contributed by atoms with van der Waals surface area (Å²) in [5, 5.41) is 10.5. The fourth-order valence-electron chi connectivity index (χ4n) is 3.50. The third-order valence-corrected chi connectivity index (χ3v) is 5.16. The topological polar surface area (TPSA) is 97.4 Å². The third-order valence-electron chi connectivity index (χ3n) is 5.16. The Labute approximate surface area is 183 Å². The van der Waals surface area contributed by atoms with Crippen molar-refractivity contribution in [3.63, 3.8) is 0 Å².